The van der Waals surface area contributed by atoms with Crippen LogP contribution in [0.3, 0.4) is 0 Å². The average molecular weight is 344 g/mol. The average Bonchev–Trinajstić information content (AvgIpc) is 2.91. The van der Waals surface area contributed by atoms with E-state index in [4.69, 9.17) is 4.98 Å². The fourth-order valence-electron chi connectivity index (χ4n) is 3.19. The molecule has 2 aromatic heterocycles. The van der Waals surface area contributed by atoms with Gasteiger partial charge in [-0.15, -0.1) is 11.8 Å². The molecule has 24 heavy (non-hydrogen) atoms. The monoisotopic (exact) mass is 344 g/mol. The lowest BCUT2D eigenvalue weighted by Gasteiger charge is -2.27. The van der Waals surface area contributed by atoms with Crippen LogP contribution in [-0.4, -0.2) is 37.6 Å². The van der Waals surface area contributed by atoms with Crippen molar-refractivity contribution < 1.29 is 4.79 Å². The Hall–Kier alpha value is -1.82. The van der Waals surface area contributed by atoms with Crippen LogP contribution in [0.2, 0.25) is 0 Å². The van der Waals surface area contributed by atoms with Crippen molar-refractivity contribution in [2.75, 3.05) is 12.3 Å². The molecule has 0 radical (unpaired) electrons. The van der Waals surface area contributed by atoms with Crippen LogP contribution in [0.25, 0.3) is 0 Å². The number of amides is 1. The molecule has 0 saturated heterocycles. The molecule has 0 fully saturated rings. The molecule has 0 aromatic carbocycles. The summed E-state index contributed by atoms with van der Waals surface area (Å²) in [5.74, 6) is 2.50. The molecule has 5 nitrogen and oxygen atoms in total. The first-order valence-electron chi connectivity index (χ1n) is 8.43. The second-order valence-electron chi connectivity index (χ2n) is 6.37. The van der Waals surface area contributed by atoms with Gasteiger partial charge in [0.25, 0.3) is 5.91 Å². The van der Waals surface area contributed by atoms with Crippen LogP contribution in [0.1, 0.15) is 54.3 Å². The number of imidazole rings is 1. The number of rotatable bonds is 4. The summed E-state index contributed by atoms with van der Waals surface area (Å²) in [5.41, 5.74) is 3.02. The highest BCUT2D eigenvalue weighted by molar-refractivity contribution is 7.99. The number of hydrogen-bond donors (Lipinski definition) is 0. The van der Waals surface area contributed by atoms with Crippen molar-refractivity contribution in [3.8, 4) is 0 Å². The number of hydrogen-bond acceptors (Lipinski definition) is 4. The maximum atomic E-state index is 12.8. The van der Waals surface area contributed by atoms with E-state index in [2.05, 4.69) is 37.4 Å². The molecular weight excluding hydrogens is 320 g/mol. The minimum absolute atomic E-state index is 0.0674. The predicted octanol–water partition coefficient (Wildman–Crippen LogP) is 3.25. The summed E-state index contributed by atoms with van der Waals surface area (Å²) in [7, 11) is 2.08. The van der Waals surface area contributed by atoms with Gasteiger partial charge >= 0.3 is 0 Å². The molecule has 1 aliphatic rings. The predicted molar refractivity (Wildman–Crippen MR) is 96.4 cm³/mol. The van der Waals surface area contributed by atoms with Crippen molar-refractivity contribution in [3.05, 3.63) is 41.1 Å². The molecule has 0 N–H and O–H groups in total. The lowest BCUT2D eigenvalue weighted by Crippen LogP contribution is -2.36. The molecular formula is C18H24N4OS. The van der Waals surface area contributed by atoms with E-state index in [1.165, 1.54) is 5.69 Å². The zero-order valence-electron chi connectivity index (χ0n) is 14.7. The lowest BCUT2D eigenvalue weighted by atomic mass is 10.1. The van der Waals surface area contributed by atoms with E-state index in [0.29, 0.717) is 18.0 Å². The standard InChI is InChI=1S/C18H24N4OS/c1-5-24-16-10-13(6-8-19-16)18(23)22-9-7-15-14(11-22)20-17(12(2)3)21(15)4/h6,8,10,12H,5,7,9,11H2,1-4H3. The fraction of sp³-hybridized carbons (Fsp3) is 0.500. The van der Waals surface area contributed by atoms with Crippen LogP contribution in [0.4, 0.5) is 0 Å². The Labute approximate surface area is 147 Å². The van der Waals surface area contributed by atoms with Crippen LogP contribution >= 0.6 is 11.8 Å². The first-order chi connectivity index (χ1) is 11.5. The van der Waals surface area contributed by atoms with Gasteiger partial charge in [-0.3, -0.25) is 4.79 Å². The smallest absolute Gasteiger partial charge is 0.254 e. The maximum absolute atomic E-state index is 12.8. The molecule has 3 rings (SSSR count). The van der Waals surface area contributed by atoms with E-state index in [1.807, 2.05) is 11.0 Å². The number of fused-ring (bicyclic) bond motifs is 1. The summed E-state index contributed by atoms with van der Waals surface area (Å²) in [6.45, 7) is 7.72. The van der Waals surface area contributed by atoms with Gasteiger partial charge in [-0.1, -0.05) is 20.8 Å². The van der Waals surface area contributed by atoms with Crippen molar-refractivity contribution in [1.29, 1.82) is 0 Å². The first-order valence-corrected chi connectivity index (χ1v) is 9.42. The second-order valence-corrected chi connectivity index (χ2v) is 7.65. The third-order valence-electron chi connectivity index (χ3n) is 4.37. The Morgan fingerprint density at radius 3 is 2.92 bits per heavy atom. The molecule has 1 aliphatic heterocycles. The van der Waals surface area contributed by atoms with Crippen molar-refractivity contribution in [1.82, 2.24) is 19.4 Å². The zero-order valence-corrected chi connectivity index (χ0v) is 15.6. The van der Waals surface area contributed by atoms with Gasteiger partial charge in [-0.05, 0) is 17.9 Å². The van der Waals surface area contributed by atoms with E-state index < -0.39 is 0 Å². The Balaban J connectivity index is 1.81. The largest absolute Gasteiger partial charge is 0.334 e. The van der Waals surface area contributed by atoms with Crippen molar-refractivity contribution >= 4 is 17.7 Å². The van der Waals surface area contributed by atoms with Gasteiger partial charge in [-0.25, -0.2) is 9.97 Å². The SMILES string of the molecule is CCSc1cc(C(=O)N2CCc3c(nc(C(C)C)n3C)C2)ccn1. The molecule has 6 heteroatoms. The highest BCUT2D eigenvalue weighted by Crippen LogP contribution is 2.25. The van der Waals surface area contributed by atoms with Gasteiger partial charge in [0.1, 0.15) is 5.82 Å². The van der Waals surface area contributed by atoms with Crippen LogP contribution in [0.5, 0.6) is 0 Å². The fourth-order valence-corrected chi connectivity index (χ4v) is 3.83. The molecule has 1 amide bonds. The van der Waals surface area contributed by atoms with Crippen molar-refractivity contribution in [2.45, 2.75) is 44.7 Å². The topological polar surface area (TPSA) is 51.0 Å². The van der Waals surface area contributed by atoms with E-state index >= 15 is 0 Å². The summed E-state index contributed by atoms with van der Waals surface area (Å²) in [5, 5.41) is 0.904. The Morgan fingerprint density at radius 1 is 1.42 bits per heavy atom. The summed E-state index contributed by atoms with van der Waals surface area (Å²) in [4.78, 5) is 23.8. The quantitative estimate of drug-likeness (QED) is 0.799. The minimum atomic E-state index is 0.0674. The minimum Gasteiger partial charge on any atom is -0.334 e. The maximum Gasteiger partial charge on any atom is 0.254 e. The van der Waals surface area contributed by atoms with Gasteiger partial charge in [0, 0.05) is 43.4 Å². The number of aromatic nitrogens is 3. The molecule has 128 valence electrons. The normalized spacial score (nSPS) is 14.1. The summed E-state index contributed by atoms with van der Waals surface area (Å²) < 4.78 is 2.20. The number of pyridine rings is 1. The molecule has 0 aliphatic carbocycles. The van der Waals surface area contributed by atoms with E-state index in [1.54, 1.807) is 24.0 Å². The number of thioether (sulfide) groups is 1. The highest BCUT2D eigenvalue weighted by atomic mass is 32.2. The van der Waals surface area contributed by atoms with Gasteiger partial charge < -0.3 is 9.47 Å². The summed E-state index contributed by atoms with van der Waals surface area (Å²) in [6.07, 6.45) is 2.58. The molecule has 0 saturated carbocycles. The molecule has 3 heterocycles. The molecule has 0 unspecified atom stereocenters. The third kappa shape index (κ3) is 3.20. The van der Waals surface area contributed by atoms with E-state index in [0.717, 1.165) is 35.3 Å². The molecule has 0 bridgehead atoms. The molecule has 0 atom stereocenters. The van der Waals surface area contributed by atoms with Gasteiger partial charge in [0.15, 0.2) is 0 Å². The van der Waals surface area contributed by atoms with Crippen LogP contribution in [0, 0.1) is 0 Å². The summed E-state index contributed by atoms with van der Waals surface area (Å²) in [6, 6.07) is 3.69. The molecule has 2 aromatic rings. The second kappa shape index (κ2) is 6.97. The van der Waals surface area contributed by atoms with Gasteiger partial charge in [0.05, 0.1) is 17.3 Å². The van der Waals surface area contributed by atoms with Gasteiger partial charge in [0.2, 0.25) is 0 Å². The summed E-state index contributed by atoms with van der Waals surface area (Å²) >= 11 is 1.65. The van der Waals surface area contributed by atoms with E-state index in [-0.39, 0.29) is 5.91 Å². The highest BCUT2D eigenvalue weighted by Gasteiger charge is 2.27. The Kier molecular flexibility index (Phi) is 4.94. The third-order valence-corrected chi connectivity index (χ3v) is 5.18. The van der Waals surface area contributed by atoms with E-state index in [9.17, 15) is 4.79 Å². The Morgan fingerprint density at radius 2 is 2.21 bits per heavy atom. The number of carbonyl (C=O) groups is 1. The number of carbonyl (C=O) groups excluding carboxylic acids is 1. The van der Waals surface area contributed by atoms with Crippen LogP contribution in [0.15, 0.2) is 23.4 Å². The van der Waals surface area contributed by atoms with Crippen molar-refractivity contribution in [2.24, 2.45) is 7.05 Å². The first kappa shape index (κ1) is 17.0. The lowest BCUT2D eigenvalue weighted by molar-refractivity contribution is 0.0730. The van der Waals surface area contributed by atoms with Crippen LogP contribution in [-0.2, 0) is 20.0 Å². The number of nitrogens with zero attached hydrogens (tertiary/aromatic N) is 4. The zero-order chi connectivity index (χ0) is 17.3. The molecule has 0 spiro atoms. The van der Waals surface area contributed by atoms with Crippen LogP contribution < -0.4 is 0 Å². The van der Waals surface area contributed by atoms with Gasteiger partial charge in [-0.2, -0.15) is 0 Å². The Bertz CT molecular complexity index is 753. The van der Waals surface area contributed by atoms with Crippen molar-refractivity contribution in [3.63, 3.8) is 0 Å².